The maximum absolute atomic E-state index is 12.1. The zero-order valence-electron chi connectivity index (χ0n) is 14.3. The zero-order valence-corrected chi connectivity index (χ0v) is 16.7. The van der Waals surface area contributed by atoms with Crippen LogP contribution in [0.2, 0.25) is 5.02 Å². The third kappa shape index (κ3) is 3.63. The number of amidine groups is 1. The van der Waals surface area contributed by atoms with Gasteiger partial charge in [-0.25, -0.2) is 8.42 Å². The van der Waals surface area contributed by atoms with Crippen molar-refractivity contribution in [1.29, 1.82) is 0 Å². The summed E-state index contributed by atoms with van der Waals surface area (Å²) in [5, 5.41) is 1.55. The fourth-order valence-electron chi connectivity index (χ4n) is 3.37. The summed E-state index contributed by atoms with van der Waals surface area (Å²) in [4.78, 5) is 6.83. The number of benzene rings is 2. The van der Waals surface area contributed by atoms with Crippen LogP contribution in [0.5, 0.6) is 0 Å². The van der Waals surface area contributed by atoms with Crippen LogP contribution in [0.15, 0.2) is 53.5 Å². The van der Waals surface area contributed by atoms with Gasteiger partial charge in [-0.2, -0.15) is 0 Å². The second-order valence-corrected chi connectivity index (χ2v) is 10.3. The average molecular weight is 407 g/mol. The van der Waals surface area contributed by atoms with Crippen LogP contribution in [0.1, 0.15) is 11.1 Å². The zero-order chi connectivity index (χ0) is 18.3. The summed E-state index contributed by atoms with van der Waals surface area (Å²) >= 11 is 7.67. The molecule has 0 unspecified atom stereocenters. The van der Waals surface area contributed by atoms with Gasteiger partial charge in [0.15, 0.2) is 15.0 Å². The van der Waals surface area contributed by atoms with Crippen LogP contribution in [0, 0.1) is 6.92 Å². The van der Waals surface area contributed by atoms with Gasteiger partial charge in [-0.05, 0) is 36.8 Å². The van der Waals surface area contributed by atoms with Gasteiger partial charge in [0.05, 0.1) is 23.6 Å². The summed E-state index contributed by atoms with van der Waals surface area (Å²) in [6.07, 6.45) is 0. The lowest BCUT2D eigenvalue weighted by Crippen LogP contribution is -2.39. The molecule has 2 aromatic rings. The minimum absolute atomic E-state index is 0.123. The van der Waals surface area contributed by atoms with E-state index in [1.807, 2.05) is 24.3 Å². The van der Waals surface area contributed by atoms with E-state index in [2.05, 4.69) is 36.1 Å². The van der Waals surface area contributed by atoms with E-state index in [0.29, 0.717) is 5.02 Å². The van der Waals surface area contributed by atoms with E-state index in [9.17, 15) is 8.42 Å². The number of aliphatic imine (C=N–C) groups is 1. The third-order valence-electron chi connectivity index (χ3n) is 4.70. The van der Waals surface area contributed by atoms with Gasteiger partial charge in [-0.3, -0.25) is 4.99 Å². The number of anilines is 1. The summed E-state index contributed by atoms with van der Waals surface area (Å²) in [5.74, 6) is 1.09. The highest BCUT2D eigenvalue weighted by molar-refractivity contribution is 8.13. The van der Waals surface area contributed by atoms with E-state index >= 15 is 0 Å². The lowest BCUT2D eigenvalue weighted by molar-refractivity contribution is 0.601. The maximum atomic E-state index is 12.1. The van der Waals surface area contributed by atoms with Gasteiger partial charge >= 0.3 is 0 Å². The molecule has 26 heavy (non-hydrogen) atoms. The smallest absolute Gasteiger partial charge is 0.164 e. The van der Waals surface area contributed by atoms with Gasteiger partial charge < -0.3 is 4.90 Å². The number of aryl methyl sites for hydroxylation is 1. The second-order valence-electron chi connectivity index (χ2n) is 6.74. The van der Waals surface area contributed by atoms with Crippen molar-refractivity contribution >= 4 is 44.1 Å². The van der Waals surface area contributed by atoms with E-state index in [1.165, 1.54) is 11.1 Å². The van der Waals surface area contributed by atoms with Gasteiger partial charge in [0.25, 0.3) is 0 Å². The van der Waals surface area contributed by atoms with Crippen molar-refractivity contribution in [3.05, 3.63) is 64.7 Å². The minimum atomic E-state index is -3.03. The lowest BCUT2D eigenvalue weighted by Gasteiger charge is -2.26. The SMILES string of the molecule is Cc1ccc(CSC2=N[C@H]3CS(=O)(=O)C[C@@H]3N2c2ccc(Cl)cc2)cc1. The summed E-state index contributed by atoms with van der Waals surface area (Å²) in [6.45, 7) is 2.07. The number of thioether (sulfide) groups is 1. The van der Waals surface area contributed by atoms with Gasteiger partial charge in [0.1, 0.15) is 0 Å². The predicted octanol–water partition coefficient (Wildman–Crippen LogP) is 3.92. The number of fused-ring (bicyclic) bond motifs is 1. The first-order chi connectivity index (χ1) is 12.4. The van der Waals surface area contributed by atoms with Crippen molar-refractivity contribution < 1.29 is 8.42 Å². The molecule has 0 aliphatic carbocycles. The van der Waals surface area contributed by atoms with Crippen molar-refractivity contribution in [3.8, 4) is 0 Å². The first-order valence-corrected chi connectivity index (χ1v) is 11.6. The van der Waals surface area contributed by atoms with Gasteiger partial charge in [-0.15, -0.1) is 0 Å². The Morgan fingerprint density at radius 1 is 1.12 bits per heavy atom. The molecule has 2 aromatic carbocycles. The van der Waals surface area contributed by atoms with Crippen LogP contribution >= 0.6 is 23.4 Å². The van der Waals surface area contributed by atoms with Crippen LogP contribution in [0.4, 0.5) is 5.69 Å². The van der Waals surface area contributed by atoms with Crippen LogP contribution in [-0.2, 0) is 15.6 Å². The molecular formula is C19H19ClN2O2S2. The number of hydrogen-bond acceptors (Lipinski definition) is 5. The first kappa shape index (κ1) is 17.9. The Bertz CT molecular complexity index is 941. The van der Waals surface area contributed by atoms with E-state index in [-0.39, 0.29) is 23.6 Å². The molecule has 0 aromatic heterocycles. The Morgan fingerprint density at radius 2 is 1.81 bits per heavy atom. The molecule has 0 amide bonds. The van der Waals surface area contributed by atoms with Crippen molar-refractivity contribution in [2.75, 3.05) is 16.4 Å². The number of hydrogen-bond donors (Lipinski definition) is 0. The summed E-state index contributed by atoms with van der Waals surface area (Å²) in [7, 11) is -3.03. The molecule has 7 heteroatoms. The topological polar surface area (TPSA) is 49.7 Å². The number of rotatable bonds is 3. The molecule has 2 heterocycles. The molecule has 0 N–H and O–H groups in total. The average Bonchev–Trinajstić information content (AvgIpc) is 3.06. The highest BCUT2D eigenvalue weighted by Gasteiger charge is 2.47. The predicted molar refractivity (Wildman–Crippen MR) is 110 cm³/mol. The molecule has 0 spiro atoms. The number of nitrogens with zero attached hydrogens (tertiary/aromatic N) is 2. The Labute approximate surface area is 163 Å². The molecule has 2 aliphatic rings. The van der Waals surface area contributed by atoms with Crippen LogP contribution < -0.4 is 4.90 Å². The summed E-state index contributed by atoms with van der Waals surface area (Å²) < 4.78 is 24.1. The quantitative estimate of drug-likeness (QED) is 0.775. The van der Waals surface area contributed by atoms with Crippen LogP contribution in [0.25, 0.3) is 0 Å². The van der Waals surface area contributed by atoms with Gasteiger partial charge in [0.2, 0.25) is 0 Å². The monoisotopic (exact) mass is 406 g/mol. The largest absolute Gasteiger partial charge is 0.315 e. The van der Waals surface area contributed by atoms with Crippen molar-refractivity contribution in [2.24, 2.45) is 4.99 Å². The third-order valence-corrected chi connectivity index (χ3v) is 7.69. The van der Waals surface area contributed by atoms with E-state index in [0.717, 1.165) is 16.6 Å². The Balaban J connectivity index is 1.60. The van der Waals surface area contributed by atoms with E-state index in [1.54, 1.807) is 11.8 Å². The first-order valence-electron chi connectivity index (χ1n) is 8.43. The molecule has 136 valence electrons. The molecule has 4 rings (SSSR count). The Kier molecular flexibility index (Phi) is 4.75. The Morgan fingerprint density at radius 3 is 2.50 bits per heavy atom. The number of halogens is 1. The summed E-state index contributed by atoms with van der Waals surface area (Å²) in [6, 6.07) is 15.7. The fourth-order valence-corrected chi connectivity index (χ4v) is 6.42. The number of sulfone groups is 1. The van der Waals surface area contributed by atoms with E-state index < -0.39 is 9.84 Å². The second kappa shape index (κ2) is 6.91. The standard InChI is InChI=1S/C19H19ClN2O2S2/c1-13-2-4-14(5-3-13)10-25-19-21-17-11-26(23,24)12-18(17)22(19)16-8-6-15(20)7-9-16/h2-9,17-18H,10-12H2,1H3/t17-,18-/m0/s1. The van der Waals surface area contributed by atoms with Crippen molar-refractivity contribution in [1.82, 2.24) is 0 Å². The molecule has 1 fully saturated rings. The lowest BCUT2D eigenvalue weighted by atomic mass is 10.1. The molecule has 2 aliphatic heterocycles. The molecular weight excluding hydrogens is 388 g/mol. The highest BCUT2D eigenvalue weighted by atomic mass is 35.5. The van der Waals surface area contributed by atoms with Crippen molar-refractivity contribution in [3.63, 3.8) is 0 Å². The fraction of sp³-hybridized carbons (Fsp3) is 0.316. The van der Waals surface area contributed by atoms with Gasteiger partial charge in [-0.1, -0.05) is 53.2 Å². The normalized spacial score (nSPS) is 23.8. The van der Waals surface area contributed by atoms with Crippen molar-refractivity contribution in [2.45, 2.75) is 24.8 Å². The summed E-state index contributed by atoms with van der Waals surface area (Å²) in [5.41, 5.74) is 3.40. The van der Waals surface area contributed by atoms with Crippen LogP contribution in [-0.4, -0.2) is 37.2 Å². The molecule has 1 saturated heterocycles. The molecule has 0 radical (unpaired) electrons. The molecule has 0 saturated carbocycles. The molecule has 2 atom stereocenters. The maximum Gasteiger partial charge on any atom is 0.164 e. The van der Waals surface area contributed by atoms with E-state index in [4.69, 9.17) is 16.6 Å². The highest BCUT2D eigenvalue weighted by Crippen LogP contribution is 2.36. The molecule has 4 nitrogen and oxygen atoms in total. The Hall–Kier alpha value is -1.50. The van der Waals surface area contributed by atoms with Gasteiger partial charge in [0, 0.05) is 16.5 Å². The minimum Gasteiger partial charge on any atom is -0.315 e. The van der Waals surface area contributed by atoms with Crippen LogP contribution in [0.3, 0.4) is 0 Å². The molecule has 0 bridgehead atoms.